The van der Waals surface area contributed by atoms with Gasteiger partial charge in [0.2, 0.25) is 0 Å². The summed E-state index contributed by atoms with van der Waals surface area (Å²) in [6, 6.07) is 30.0. The fourth-order valence-electron chi connectivity index (χ4n) is 4.02. The predicted molar refractivity (Wildman–Crippen MR) is 117 cm³/mol. The third-order valence-electron chi connectivity index (χ3n) is 5.24. The van der Waals surface area contributed by atoms with Crippen LogP contribution in [0.15, 0.2) is 91.0 Å². The van der Waals surface area contributed by atoms with Gasteiger partial charge in [-0.1, -0.05) is 84.9 Å². The van der Waals surface area contributed by atoms with Crippen molar-refractivity contribution in [3.63, 3.8) is 0 Å². The third-order valence-corrected chi connectivity index (χ3v) is 5.24. The summed E-state index contributed by atoms with van der Waals surface area (Å²) < 4.78 is 0. The van der Waals surface area contributed by atoms with Crippen LogP contribution >= 0.6 is 0 Å². The molecule has 0 unspecified atom stereocenters. The van der Waals surface area contributed by atoms with Gasteiger partial charge in [-0.25, -0.2) is 0 Å². The maximum atomic E-state index is 10.3. The highest BCUT2D eigenvalue weighted by molar-refractivity contribution is 6.61. The highest BCUT2D eigenvalue weighted by Crippen LogP contribution is 2.39. The van der Waals surface area contributed by atoms with E-state index in [9.17, 15) is 10.0 Å². The molecule has 4 heteroatoms. The smallest absolute Gasteiger partial charge is 0.423 e. The number of aromatic amines is 1. The zero-order chi connectivity index (χ0) is 19.1. The van der Waals surface area contributed by atoms with Gasteiger partial charge in [0.05, 0.1) is 5.52 Å². The number of fused-ring (bicyclic) bond motifs is 3. The van der Waals surface area contributed by atoms with Crippen LogP contribution in [-0.4, -0.2) is 22.2 Å². The molecule has 0 atom stereocenters. The molecule has 0 aliphatic heterocycles. The summed E-state index contributed by atoms with van der Waals surface area (Å²) in [5, 5.41) is 22.6. The Balaban J connectivity index is 2.01. The molecule has 3 nitrogen and oxygen atoms in total. The van der Waals surface area contributed by atoms with Crippen LogP contribution < -0.4 is 5.46 Å². The van der Waals surface area contributed by atoms with E-state index in [2.05, 4.69) is 23.2 Å². The van der Waals surface area contributed by atoms with Crippen molar-refractivity contribution in [2.24, 2.45) is 0 Å². The first kappa shape index (κ1) is 16.8. The molecule has 0 aliphatic carbocycles. The lowest BCUT2D eigenvalue weighted by atomic mass is 9.72. The standard InChI is InChI=1S/C24H18BNO2/c27-25(28)20-15-19-18-13-7-8-14-21(18)26-24(19)23(17-11-5-2-6-12-17)22(20)16-9-3-1-4-10-16/h1-15,26-28H. The van der Waals surface area contributed by atoms with Gasteiger partial charge in [-0.15, -0.1) is 0 Å². The van der Waals surface area contributed by atoms with Crippen molar-refractivity contribution >= 4 is 34.4 Å². The predicted octanol–water partition coefficient (Wildman–Crippen LogP) is 4.33. The van der Waals surface area contributed by atoms with Gasteiger partial charge >= 0.3 is 7.12 Å². The quantitative estimate of drug-likeness (QED) is 0.418. The van der Waals surface area contributed by atoms with E-state index in [0.29, 0.717) is 5.46 Å². The van der Waals surface area contributed by atoms with Gasteiger partial charge in [-0.05, 0) is 28.2 Å². The molecular weight excluding hydrogens is 345 g/mol. The van der Waals surface area contributed by atoms with E-state index in [1.54, 1.807) is 0 Å². The fourth-order valence-corrected chi connectivity index (χ4v) is 4.02. The maximum Gasteiger partial charge on any atom is 0.489 e. The second-order valence-corrected chi connectivity index (χ2v) is 6.91. The van der Waals surface area contributed by atoms with Gasteiger partial charge in [-0.2, -0.15) is 0 Å². The number of aromatic nitrogens is 1. The van der Waals surface area contributed by atoms with Crippen molar-refractivity contribution < 1.29 is 10.0 Å². The van der Waals surface area contributed by atoms with Crippen molar-refractivity contribution in [1.29, 1.82) is 0 Å². The molecular formula is C24H18BNO2. The van der Waals surface area contributed by atoms with Gasteiger partial charge in [0.1, 0.15) is 0 Å². The average Bonchev–Trinajstić information content (AvgIpc) is 3.12. The summed E-state index contributed by atoms with van der Waals surface area (Å²) in [6.07, 6.45) is 0. The molecule has 0 bridgehead atoms. The minimum absolute atomic E-state index is 0.502. The SMILES string of the molecule is OB(O)c1cc2c([nH]c3ccccc32)c(-c2ccccc2)c1-c1ccccc1. The molecule has 1 heterocycles. The lowest BCUT2D eigenvalue weighted by Gasteiger charge is -2.17. The van der Waals surface area contributed by atoms with Crippen LogP contribution in [0.2, 0.25) is 0 Å². The third kappa shape index (κ3) is 2.62. The van der Waals surface area contributed by atoms with Crippen molar-refractivity contribution in [1.82, 2.24) is 4.98 Å². The molecule has 0 saturated heterocycles. The van der Waals surface area contributed by atoms with Gasteiger partial charge in [0, 0.05) is 21.9 Å². The van der Waals surface area contributed by atoms with E-state index in [1.165, 1.54) is 0 Å². The Morgan fingerprint density at radius 3 is 1.82 bits per heavy atom. The minimum Gasteiger partial charge on any atom is -0.423 e. The second-order valence-electron chi connectivity index (χ2n) is 6.91. The Morgan fingerprint density at radius 1 is 0.607 bits per heavy atom. The number of rotatable bonds is 3. The van der Waals surface area contributed by atoms with Gasteiger partial charge < -0.3 is 15.0 Å². The van der Waals surface area contributed by atoms with Crippen LogP contribution in [-0.2, 0) is 0 Å². The number of hydrogen-bond donors (Lipinski definition) is 3. The molecule has 134 valence electrons. The molecule has 5 rings (SSSR count). The van der Waals surface area contributed by atoms with Gasteiger partial charge in [0.25, 0.3) is 0 Å². The molecule has 0 fully saturated rings. The molecule has 4 aromatic carbocycles. The molecule has 0 saturated carbocycles. The number of nitrogens with one attached hydrogen (secondary N) is 1. The zero-order valence-electron chi connectivity index (χ0n) is 15.1. The Bertz CT molecular complexity index is 1280. The molecule has 1 aromatic heterocycles. The Morgan fingerprint density at radius 2 is 1.18 bits per heavy atom. The largest absolute Gasteiger partial charge is 0.489 e. The number of hydrogen-bond acceptors (Lipinski definition) is 2. The van der Waals surface area contributed by atoms with E-state index < -0.39 is 7.12 Å². The minimum atomic E-state index is -1.57. The van der Waals surface area contributed by atoms with E-state index >= 15 is 0 Å². The molecule has 0 amide bonds. The molecule has 28 heavy (non-hydrogen) atoms. The second kappa shape index (κ2) is 6.68. The van der Waals surface area contributed by atoms with Crippen molar-refractivity contribution in [2.45, 2.75) is 0 Å². The number of benzene rings is 4. The van der Waals surface area contributed by atoms with E-state index in [0.717, 1.165) is 44.1 Å². The molecule has 0 spiro atoms. The average molecular weight is 363 g/mol. The van der Waals surface area contributed by atoms with Crippen LogP contribution in [0.5, 0.6) is 0 Å². The first-order valence-electron chi connectivity index (χ1n) is 9.28. The van der Waals surface area contributed by atoms with E-state index in [-0.39, 0.29) is 0 Å². The summed E-state index contributed by atoms with van der Waals surface area (Å²) >= 11 is 0. The number of para-hydroxylation sites is 1. The molecule has 3 N–H and O–H groups in total. The lowest BCUT2D eigenvalue weighted by Crippen LogP contribution is -2.32. The summed E-state index contributed by atoms with van der Waals surface area (Å²) in [7, 11) is -1.57. The lowest BCUT2D eigenvalue weighted by molar-refractivity contribution is 0.426. The monoisotopic (exact) mass is 363 g/mol. The van der Waals surface area contributed by atoms with Gasteiger partial charge in [-0.3, -0.25) is 0 Å². The summed E-state index contributed by atoms with van der Waals surface area (Å²) in [5.74, 6) is 0. The fraction of sp³-hybridized carbons (Fsp3) is 0. The summed E-state index contributed by atoms with van der Waals surface area (Å²) in [5.41, 5.74) is 6.31. The molecule has 0 aliphatic rings. The van der Waals surface area contributed by atoms with E-state index in [4.69, 9.17) is 0 Å². The molecule has 0 radical (unpaired) electrons. The van der Waals surface area contributed by atoms with Crippen molar-refractivity contribution in [3.8, 4) is 22.3 Å². The molecule has 5 aromatic rings. The van der Waals surface area contributed by atoms with Crippen molar-refractivity contribution in [2.75, 3.05) is 0 Å². The zero-order valence-corrected chi connectivity index (χ0v) is 15.1. The highest BCUT2D eigenvalue weighted by Gasteiger charge is 2.25. The van der Waals surface area contributed by atoms with Crippen LogP contribution in [0.3, 0.4) is 0 Å². The first-order valence-corrected chi connectivity index (χ1v) is 9.28. The van der Waals surface area contributed by atoms with Crippen LogP contribution in [0.4, 0.5) is 0 Å². The maximum absolute atomic E-state index is 10.3. The van der Waals surface area contributed by atoms with Gasteiger partial charge in [0.15, 0.2) is 0 Å². The Hall–Kier alpha value is -3.34. The van der Waals surface area contributed by atoms with Crippen LogP contribution in [0.25, 0.3) is 44.1 Å². The summed E-state index contributed by atoms with van der Waals surface area (Å²) in [4.78, 5) is 3.56. The summed E-state index contributed by atoms with van der Waals surface area (Å²) in [6.45, 7) is 0. The highest BCUT2D eigenvalue weighted by atomic mass is 16.4. The van der Waals surface area contributed by atoms with Crippen molar-refractivity contribution in [3.05, 3.63) is 91.0 Å². The topological polar surface area (TPSA) is 56.2 Å². The Kier molecular flexibility index (Phi) is 4.01. The normalized spacial score (nSPS) is 11.2. The van der Waals surface area contributed by atoms with Crippen LogP contribution in [0.1, 0.15) is 0 Å². The first-order chi connectivity index (χ1) is 13.7. The van der Waals surface area contributed by atoms with E-state index in [1.807, 2.05) is 72.8 Å². The number of H-pyrrole nitrogens is 1. The van der Waals surface area contributed by atoms with Crippen LogP contribution in [0, 0.1) is 0 Å². The Labute approximate surface area is 163 Å².